The van der Waals surface area contributed by atoms with Crippen molar-refractivity contribution in [1.82, 2.24) is 0 Å². The van der Waals surface area contributed by atoms with E-state index in [2.05, 4.69) is 52.3 Å². The van der Waals surface area contributed by atoms with Gasteiger partial charge in [-0.3, -0.25) is 0 Å². The van der Waals surface area contributed by atoms with Crippen molar-refractivity contribution in [3.05, 3.63) is 58.1 Å². The van der Waals surface area contributed by atoms with Crippen molar-refractivity contribution in [2.24, 2.45) is 0 Å². The Balaban J connectivity index is 1.57. The maximum absolute atomic E-state index is 5.45. The van der Waals surface area contributed by atoms with E-state index in [9.17, 15) is 0 Å². The Morgan fingerprint density at radius 2 is 1.40 bits per heavy atom. The average Bonchev–Trinajstić information content (AvgIpc) is 2.65. The molecule has 1 heterocycles. The Morgan fingerprint density at radius 1 is 0.840 bits per heavy atom. The lowest BCUT2D eigenvalue weighted by Crippen LogP contribution is -3.27. The third kappa shape index (κ3) is 4.75. The van der Waals surface area contributed by atoms with Crippen molar-refractivity contribution in [3.8, 4) is 11.5 Å². The van der Waals surface area contributed by atoms with Crippen LogP contribution in [0, 0.1) is 0 Å². The summed E-state index contributed by atoms with van der Waals surface area (Å²) in [5.41, 5.74) is 2.71. The van der Waals surface area contributed by atoms with Gasteiger partial charge in [0.1, 0.15) is 39.3 Å². The number of rotatable bonds is 6. The first-order valence-electron chi connectivity index (χ1n) is 8.81. The number of nitrogens with one attached hydrogen (secondary N) is 2. The van der Waals surface area contributed by atoms with E-state index in [4.69, 9.17) is 9.47 Å². The molecular formula is C20H27BrN2O2+2. The minimum Gasteiger partial charge on any atom is -0.493 e. The second kappa shape index (κ2) is 8.70. The molecule has 1 aliphatic heterocycles. The summed E-state index contributed by atoms with van der Waals surface area (Å²) < 4.78 is 11.9. The fraction of sp³-hybridized carbons (Fsp3) is 0.400. The Morgan fingerprint density at radius 3 is 2.00 bits per heavy atom. The summed E-state index contributed by atoms with van der Waals surface area (Å²) in [5, 5.41) is 0. The molecule has 2 aromatic rings. The van der Waals surface area contributed by atoms with E-state index in [0.717, 1.165) is 29.1 Å². The van der Waals surface area contributed by atoms with Gasteiger partial charge >= 0.3 is 0 Å². The lowest BCUT2D eigenvalue weighted by molar-refractivity contribution is -1.02. The molecule has 1 aliphatic rings. The highest BCUT2D eigenvalue weighted by molar-refractivity contribution is 9.10. The van der Waals surface area contributed by atoms with E-state index in [-0.39, 0.29) is 0 Å². The monoisotopic (exact) mass is 406 g/mol. The van der Waals surface area contributed by atoms with Crippen LogP contribution in [0.1, 0.15) is 11.1 Å². The van der Waals surface area contributed by atoms with E-state index in [0.29, 0.717) is 0 Å². The van der Waals surface area contributed by atoms with Crippen molar-refractivity contribution in [3.63, 3.8) is 0 Å². The number of hydrogen-bond donors (Lipinski definition) is 2. The first-order chi connectivity index (χ1) is 12.2. The molecule has 0 bridgehead atoms. The van der Waals surface area contributed by atoms with E-state index < -0.39 is 0 Å². The summed E-state index contributed by atoms with van der Waals surface area (Å²) in [6.45, 7) is 6.98. The topological polar surface area (TPSA) is 27.3 Å². The van der Waals surface area contributed by atoms with Crippen LogP contribution in [0.25, 0.3) is 0 Å². The van der Waals surface area contributed by atoms with Gasteiger partial charge in [-0.2, -0.15) is 0 Å². The largest absolute Gasteiger partial charge is 0.493 e. The molecule has 2 aromatic carbocycles. The molecule has 0 atom stereocenters. The number of hydrogen-bond acceptors (Lipinski definition) is 2. The normalized spacial score (nSPS) is 20.3. The van der Waals surface area contributed by atoms with E-state index in [1.165, 1.54) is 37.3 Å². The highest BCUT2D eigenvalue weighted by Crippen LogP contribution is 2.32. The number of quaternary nitrogens is 2. The SMILES string of the molecule is COc1cc(Br)c(C[NH+]2CC[NH+](Cc3ccccc3)CC2)cc1OC. The third-order valence-corrected chi connectivity index (χ3v) is 5.69. The van der Waals surface area contributed by atoms with Crippen LogP contribution in [0.15, 0.2) is 46.9 Å². The van der Waals surface area contributed by atoms with Crippen molar-refractivity contribution in [2.75, 3.05) is 40.4 Å². The van der Waals surface area contributed by atoms with Crippen molar-refractivity contribution in [2.45, 2.75) is 13.1 Å². The summed E-state index contributed by atoms with van der Waals surface area (Å²) in [7, 11) is 3.36. The van der Waals surface area contributed by atoms with Gasteiger partial charge in [-0.1, -0.05) is 46.3 Å². The van der Waals surface area contributed by atoms with Crippen LogP contribution in [0.2, 0.25) is 0 Å². The number of methoxy groups -OCH3 is 2. The van der Waals surface area contributed by atoms with Gasteiger partial charge in [-0.05, 0) is 12.1 Å². The first-order valence-corrected chi connectivity index (χ1v) is 9.60. The predicted molar refractivity (Wildman–Crippen MR) is 102 cm³/mol. The molecule has 4 nitrogen and oxygen atoms in total. The average molecular weight is 407 g/mol. The summed E-state index contributed by atoms with van der Waals surface area (Å²) in [4.78, 5) is 3.31. The number of halogens is 1. The van der Waals surface area contributed by atoms with Gasteiger partial charge in [0.15, 0.2) is 11.5 Å². The maximum atomic E-state index is 5.45. The summed E-state index contributed by atoms with van der Waals surface area (Å²) in [6, 6.07) is 14.9. The molecule has 0 radical (unpaired) electrons. The Bertz CT molecular complexity index is 686. The molecule has 5 heteroatoms. The van der Waals surface area contributed by atoms with Crippen LogP contribution >= 0.6 is 15.9 Å². The molecule has 0 aromatic heterocycles. The molecular weight excluding hydrogens is 380 g/mol. The second-order valence-corrected chi connectivity index (χ2v) is 7.49. The van der Waals surface area contributed by atoms with Gasteiger partial charge in [-0.15, -0.1) is 0 Å². The number of benzene rings is 2. The molecule has 0 aliphatic carbocycles. The lowest BCUT2D eigenvalue weighted by Gasteiger charge is -2.30. The van der Waals surface area contributed by atoms with Crippen LogP contribution in [0.4, 0.5) is 0 Å². The first kappa shape index (κ1) is 18.2. The lowest BCUT2D eigenvalue weighted by atomic mass is 10.1. The Hall–Kier alpha value is -1.56. The summed E-state index contributed by atoms with van der Waals surface area (Å²) in [6.07, 6.45) is 0. The van der Waals surface area contributed by atoms with Gasteiger partial charge in [0, 0.05) is 15.6 Å². The minimum absolute atomic E-state index is 0.769. The van der Waals surface area contributed by atoms with Gasteiger partial charge in [-0.25, -0.2) is 0 Å². The van der Waals surface area contributed by atoms with Crippen LogP contribution in [0.3, 0.4) is 0 Å². The van der Waals surface area contributed by atoms with Crippen LogP contribution in [-0.2, 0) is 13.1 Å². The molecule has 0 spiro atoms. The van der Waals surface area contributed by atoms with Gasteiger partial charge in [0.25, 0.3) is 0 Å². The van der Waals surface area contributed by atoms with Crippen molar-refractivity contribution in [1.29, 1.82) is 0 Å². The Labute approximate surface area is 158 Å². The molecule has 25 heavy (non-hydrogen) atoms. The quantitative estimate of drug-likeness (QED) is 0.747. The summed E-state index contributed by atoms with van der Waals surface area (Å²) >= 11 is 3.68. The molecule has 1 fully saturated rings. The zero-order valence-electron chi connectivity index (χ0n) is 15.0. The van der Waals surface area contributed by atoms with E-state index in [1.807, 2.05) is 6.07 Å². The molecule has 3 rings (SSSR count). The van der Waals surface area contributed by atoms with Gasteiger partial charge < -0.3 is 19.3 Å². The summed E-state index contributed by atoms with van der Waals surface area (Å²) in [5.74, 6) is 1.57. The van der Waals surface area contributed by atoms with E-state index in [1.54, 1.807) is 24.0 Å². The highest BCUT2D eigenvalue weighted by Gasteiger charge is 2.24. The van der Waals surface area contributed by atoms with Crippen LogP contribution < -0.4 is 19.3 Å². The smallest absolute Gasteiger partial charge is 0.161 e. The molecule has 134 valence electrons. The molecule has 0 saturated carbocycles. The van der Waals surface area contributed by atoms with Crippen molar-refractivity contribution < 1.29 is 19.3 Å². The van der Waals surface area contributed by atoms with Crippen LogP contribution in [0.5, 0.6) is 11.5 Å². The predicted octanol–water partition coefficient (Wildman–Crippen LogP) is 0.950. The molecule has 0 unspecified atom stereocenters. The zero-order valence-corrected chi connectivity index (χ0v) is 16.6. The fourth-order valence-corrected chi connectivity index (χ4v) is 3.96. The van der Waals surface area contributed by atoms with Crippen LogP contribution in [-0.4, -0.2) is 40.4 Å². The highest BCUT2D eigenvalue weighted by atomic mass is 79.9. The second-order valence-electron chi connectivity index (χ2n) is 6.64. The standard InChI is InChI=1S/C20H25BrN2O2/c1-24-19-12-17(18(21)13-20(19)25-2)15-23-10-8-22(9-11-23)14-16-6-4-3-5-7-16/h3-7,12-13H,8-11,14-15H2,1-2H3/p+2. The fourth-order valence-electron chi connectivity index (χ4n) is 3.50. The molecule has 0 amide bonds. The van der Waals surface area contributed by atoms with Gasteiger partial charge in [0.2, 0.25) is 0 Å². The minimum atomic E-state index is 0.769. The number of piperazine rings is 1. The van der Waals surface area contributed by atoms with Gasteiger partial charge in [0.05, 0.1) is 14.2 Å². The third-order valence-electron chi connectivity index (χ3n) is 4.95. The number of ether oxygens (including phenoxy) is 2. The van der Waals surface area contributed by atoms with Crippen molar-refractivity contribution >= 4 is 15.9 Å². The maximum Gasteiger partial charge on any atom is 0.161 e. The molecule has 1 saturated heterocycles. The van der Waals surface area contributed by atoms with E-state index >= 15 is 0 Å². The zero-order chi connectivity index (χ0) is 17.6. The molecule has 2 N–H and O–H groups in total. The Kier molecular flexibility index (Phi) is 6.34.